The third-order valence-electron chi connectivity index (χ3n) is 2.68. The fourth-order valence-electron chi connectivity index (χ4n) is 1.51. The van der Waals surface area contributed by atoms with Gasteiger partial charge in [-0.25, -0.2) is 4.39 Å². The Labute approximate surface area is 105 Å². The lowest BCUT2D eigenvalue weighted by molar-refractivity contribution is -0.147. The summed E-state index contributed by atoms with van der Waals surface area (Å²) in [6, 6.07) is 3.70. The number of ketones is 1. The van der Waals surface area contributed by atoms with E-state index >= 15 is 0 Å². The van der Waals surface area contributed by atoms with Crippen molar-refractivity contribution in [2.24, 2.45) is 5.41 Å². The summed E-state index contributed by atoms with van der Waals surface area (Å²) in [5.41, 5.74) is -1.12. The van der Waals surface area contributed by atoms with Crippen LogP contribution in [0.5, 0.6) is 5.75 Å². The maximum absolute atomic E-state index is 13.2. The summed E-state index contributed by atoms with van der Waals surface area (Å²) in [4.78, 5) is 23.7. The Balaban J connectivity index is 3.15. The van der Waals surface area contributed by atoms with Crippen LogP contribution in [0.25, 0.3) is 0 Å². The first-order chi connectivity index (χ1) is 8.34. The van der Waals surface area contributed by atoms with Gasteiger partial charge in [0.25, 0.3) is 0 Å². The highest BCUT2D eigenvalue weighted by Crippen LogP contribution is 2.26. The van der Waals surface area contributed by atoms with Crippen molar-refractivity contribution in [2.75, 3.05) is 14.2 Å². The molecular formula is C13H15FO4. The van der Waals surface area contributed by atoms with Crippen LogP contribution >= 0.6 is 0 Å². The molecule has 0 saturated carbocycles. The molecule has 4 nitrogen and oxygen atoms in total. The zero-order chi connectivity index (χ0) is 13.9. The van der Waals surface area contributed by atoms with E-state index in [1.165, 1.54) is 40.2 Å². The van der Waals surface area contributed by atoms with Gasteiger partial charge >= 0.3 is 5.97 Å². The van der Waals surface area contributed by atoms with Crippen LogP contribution in [0.4, 0.5) is 4.39 Å². The molecule has 1 aromatic carbocycles. The molecule has 0 aliphatic rings. The third kappa shape index (κ3) is 2.50. The molecule has 18 heavy (non-hydrogen) atoms. The van der Waals surface area contributed by atoms with E-state index in [1.54, 1.807) is 0 Å². The van der Waals surface area contributed by atoms with Crippen molar-refractivity contribution in [3.63, 3.8) is 0 Å². The van der Waals surface area contributed by atoms with Crippen molar-refractivity contribution in [1.82, 2.24) is 0 Å². The average molecular weight is 254 g/mol. The predicted octanol–water partition coefficient (Wildman–Crippen LogP) is 2.22. The first kappa shape index (κ1) is 14.2. The molecule has 0 fully saturated rings. The topological polar surface area (TPSA) is 52.6 Å². The number of hydrogen-bond acceptors (Lipinski definition) is 4. The molecule has 0 unspecified atom stereocenters. The molecule has 0 amide bonds. The van der Waals surface area contributed by atoms with Gasteiger partial charge in [-0.15, -0.1) is 0 Å². The minimum atomic E-state index is -1.32. The molecule has 1 aromatic rings. The number of rotatable bonds is 4. The molecule has 0 heterocycles. The zero-order valence-electron chi connectivity index (χ0n) is 10.7. The highest BCUT2D eigenvalue weighted by atomic mass is 19.1. The standard InChI is InChI=1S/C13H15FO4/c1-13(2,12(16)18-4)11(15)8-5-6-9(14)10(7-8)17-3/h5-7H,1-4H3. The lowest BCUT2D eigenvalue weighted by atomic mass is 9.84. The van der Waals surface area contributed by atoms with Crippen LogP contribution < -0.4 is 4.74 Å². The molecule has 5 heteroatoms. The van der Waals surface area contributed by atoms with Gasteiger partial charge in [0.1, 0.15) is 5.41 Å². The van der Waals surface area contributed by atoms with Gasteiger partial charge in [0.2, 0.25) is 0 Å². The van der Waals surface area contributed by atoms with E-state index in [0.29, 0.717) is 0 Å². The van der Waals surface area contributed by atoms with Crippen molar-refractivity contribution in [3.05, 3.63) is 29.6 Å². The number of carbonyl (C=O) groups excluding carboxylic acids is 2. The normalized spacial score (nSPS) is 10.9. The molecule has 0 saturated heterocycles. The Morgan fingerprint density at radius 2 is 1.83 bits per heavy atom. The van der Waals surface area contributed by atoms with E-state index in [1.807, 2.05) is 0 Å². The maximum Gasteiger partial charge on any atom is 0.319 e. The minimum Gasteiger partial charge on any atom is -0.494 e. The first-order valence-electron chi connectivity index (χ1n) is 5.31. The van der Waals surface area contributed by atoms with Crippen LogP contribution in [0, 0.1) is 11.2 Å². The van der Waals surface area contributed by atoms with E-state index in [-0.39, 0.29) is 11.3 Å². The number of benzene rings is 1. The minimum absolute atomic E-state index is 0.0403. The van der Waals surface area contributed by atoms with Crippen molar-refractivity contribution in [3.8, 4) is 5.75 Å². The van der Waals surface area contributed by atoms with Gasteiger partial charge in [-0.3, -0.25) is 9.59 Å². The summed E-state index contributed by atoms with van der Waals surface area (Å²) in [7, 11) is 2.51. The Kier molecular flexibility index (Phi) is 4.06. The maximum atomic E-state index is 13.2. The smallest absolute Gasteiger partial charge is 0.319 e. The predicted molar refractivity (Wildman–Crippen MR) is 63.1 cm³/mol. The van der Waals surface area contributed by atoms with Gasteiger partial charge in [-0.05, 0) is 32.0 Å². The molecule has 0 aliphatic carbocycles. The molecule has 0 aliphatic heterocycles. The quantitative estimate of drug-likeness (QED) is 0.469. The molecule has 0 atom stereocenters. The Morgan fingerprint density at radius 1 is 1.22 bits per heavy atom. The lowest BCUT2D eigenvalue weighted by Crippen LogP contribution is -2.34. The SMILES string of the molecule is COC(=O)C(C)(C)C(=O)c1ccc(F)c(OC)c1. The fourth-order valence-corrected chi connectivity index (χ4v) is 1.51. The van der Waals surface area contributed by atoms with Crippen LogP contribution in [0.2, 0.25) is 0 Å². The van der Waals surface area contributed by atoms with Crippen molar-refractivity contribution in [1.29, 1.82) is 0 Å². The molecular weight excluding hydrogens is 239 g/mol. The van der Waals surface area contributed by atoms with Crippen LogP contribution in [-0.4, -0.2) is 26.0 Å². The molecule has 0 aromatic heterocycles. The van der Waals surface area contributed by atoms with E-state index in [9.17, 15) is 14.0 Å². The van der Waals surface area contributed by atoms with Gasteiger partial charge in [-0.2, -0.15) is 0 Å². The number of esters is 1. The zero-order valence-corrected chi connectivity index (χ0v) is 10.7. The number of halogens is 1. The molecule has 0 bridgehead atoms. The molecule has 0 radical (unpaired) electrons. The first-order valence-corrected chi connectivity index (χ1v) is 5.31. The summed E-state index contributed by atoms with van der Waals surface area (Å²) in [5.74, 6) is -1.70. The summed E-state index contributed by atoms with van der Waals surface area (Å²) >= 11 is 0. The highest BCUT2D eigenvalue weighted by Gasteiger charge is 2.37. The second kappa shape index (κ2) is 5.16. The van der Waals surface area contributed by atoms with E-state index in [4.69, 9.17) is 4.74 Å². The summed E-state index contributed by atoms with van der Waals surface area (Å²) in [6.07, 6.45) is 0. The monoisotopic (exact) mass is 254 g/mol. The summed E-state index contributed by atoms with van der Waals surface area (Å²) in [6.45, 7) is 2.91. The fraction of sp³-hybridized carbons (Fsp3) is 0.385. The third-order valence-corrected chi connectivity index (χ3v) is 2.68. The van der Waals surface area contributed by atoms with Crippen LogP contribution in [-0.2, 0) is 9.53 Å². The van der Waals surface area contributed by atoms with E-state index in [0.717, 1.165) is 6.07 Å². The number of Topliss-reactive ketones (excluding diaryl/α,β-unsaturated/α-hetero) is 1. The van der Waals surface area contributed by atoms with Gasteiger partial charge in [0, 0.05) is 5.56 Å². The number of carbonyl (C=O) groups is 2. The number of methoxy groups -OCH3 is 2. The largest absolute Gasteiger partial charge is 0.494 e. The van der Waals surface area contributed by atoms with Crippen molar-refractivity contribution >= 4 is 11.8 Å². The average Bonchev–Trinajstić information content (AvgIpc) is 2.37. The second-order valence-corrected chi connectivity index (χ2v) is 4.30. The molecule has 98 valence electrons. The van der Waals surface area contributed by atoms with Crippen LogP contribution in [0.3, 0.4) is 0 Å². The number of hydrogen-bond donors (Lipinski definition) is 0. The van der Waals surface area contributed by atoms with Crippen molar-refractivity contribution in [2.45, 2.75) is 13.8 Å². The molecule has 0 spiro atoms. The Hall–Kier alpha value is -1.91. The highest BCUT2D eigenvalue weighted by molar-refractivity contribution is 6.11. The second-order valence-electron chi connectivity index (χ2n) is 4.30. The lowest BCUT2D eigenvalue weighted by Gasteiger charge is -2.20. The molecule has 0 N–H and O–H groups in total. The van der Waals surface area contributed by atoms with E-state index in [2.05, 4.69) is 4.74 Å². The van der Waals surface area contributed by atoms with Crippen molar-refractivity contribution < 1.29 is 23.5 Å². The molecule has 1 rings (SSSR count). The summed E-state index contributed by atoms with van der Waals surface area (Å²) in [5, 5.41) is 0. The van der Waals surface area contributed by atoms with Gasteiger partial charge in [0.05, 0.1) is 14.2 Å². The van der Waals surface area contributed by atoms with Crippen LogP contribution in [0.1, 0.15) is 24.2 Å². The van der Waals surface area contributed by atoms with Gasteiger partial charge < -0.3 is 9.47 Å². The Morgan fingerprint density at radius 3 is 2.33 bits per heavy atom. The van der Waals surface area contributed by atoms with Crippen LogP contribution in [0.15, 0.2) is 18.2 Å². The van der Waals surface area contributed by atoms with Gasteiger partial charge in [0.15, 0.2) is 17.3 Å². The van der Waals surface area contributed by atoms with Gasteiger partial charge in [-0.1, -0.05) is 0 Å². The number of ether oxygens (including phenoxy) is 2. The summed E-state index contributed by atoms with van der Waals surface area (Å²) < 4.78 is 22.6. The Bertz CT molecular complexity index is 480. The van der Waals surface area contributed by atoms with E-state index < -0.39 is 23.0 Å².